The number of carbonyl (C=O) groups is 1. The van der Waals surface area contributed by atoms with Crippen molar-refractivity contribution >= 4 is 22.4 Å². The zero-order valence-corrected chi connectivity index (χ0v) is 12.6. The summed E-state index contributed by atoms with van der Waals surface area (Å²) in [6, 6.07) is 0.643. The summed E-state index contributed by atoms with van der Waals surface area (Å²) in [6.45, 7) is 8.55. The van der Waals surface area contributed by atoms with Gasteiger partial charge in [0.2, 0.25) is 0 Å². The van der Waals surface area contributed by atoms with E-state index in [9.17, 15) is 4.79 Å². The van der Waals surface area contributed by atoms with Crippen molar-refractivity contribution in [3.63, 3.8) is 0 Å². The summed E-state index contributed by atoms with van der Waals surface area (Å²) in [6.07, 6.45) is 2.79. The van der Waals surface area contributed by atoms with E-state index in [1.165, 1.54) is 24.9 Å². The molecule has 1 aliphatic heterocycles. The molecule has 0 bridgehead atoms. The van der Waals surface area contributed by atoms with Gasteiger partial charge < -0.3 is 9.64 Å². The highest BCUT2D eigenvalue weighted by atomic mass is 32.1. The van der Waals surface area contributed by atoms with Gasteiger partial charge in [0.1, 0.15) is 4.88 Å². The summed E-state index contributed by atoms with van der Waals surface area (Å²) in [7, 11) is 1.40. The number of anilines is 1. The van der Waals surface area contributed by atoms with Gasteiger partial charge in [-0.3, -0.25) is 4.90 Å². The molecule has 1 aliphatic rings. The van der Waals surface area contributed by atoms with Crippen LogP contribution < -0.4 is 4.90 Å². The fourth-order valence-corrected chi connectivity index (χ4v) is 3.10. The van der Waals surface area contributed by atoms with Crippen LogP contribution in [0.4, 0.5) is 5.13 Å². The van der Waals surface area contributed by atoms with Crippen molar-refractivity contribution in [2.75, 3.05) is 38.2 Å². The smallest absolute Gasteiger partial charge is 0.349 e. The molecule has 1 saturated heterocycles. The third-order valence-corrected chi connectivity index (χ3v) is 4.72. The Balaban J connectivity index is 1.94. The van der Waals surface area contributed by atoms with Crippen molar-refractivity contribution in [3.8, 4) is 0 Å². The highest BCUT2D eigenvalue weighted by molar-refractivity contribution is 7.17. The summed E-state index contributed by atoms with van der Waals surface area (Å²) < 4.78 is 4.70. The van der Waals surface area contributed by atoms with Crippen LogP contribution in [0.2, 0.25) is 0 Å². The van der Waals surface area contributed by atoms with Crippen LogP contribution in [0.3, 0.4) is 0 Å². The average Bonchev–Trinajstić information content (AvgIpc) is 2.95. The first kappa shape index (κ1) is 14.3. The molecule has 0 saturated carbocycles. The summed E-state index contributed by atoms with van der Waals surface area (Å²) in [5.74, 6) is -0.304. The van der Waals surface area contributed by atoms with E-state index in [4.69, 9.17) is 4.74 Å². The molecule has 0 radical (unpaired) electrons. The van der Waals surface area contributed by atoms with Crippen LogP contribution in [0.25, 0.3) is 0 Å². The van der Waals surface area contributed by atoms with Gasteiger partial charge in [0.25, 0.3) is 0 Å². The van der Waals surface area contributed by atoms with E-state index in [1.54, 1.807) is 6.20 Å². The van der Waals surface area contributed by atoms with E-state index in [1.807, 2.05) is 0 Å². The molecular weight excluding hydrogens is 262 g/mol. The van der Waals surface area contributed by atoms with E-state index < -0.39 is 0 Å². The Morgan fingerprint density at radius 3 is 2.74 bits per heavy atom. The van der Waals surface area contributed by atoms with E-state index >= 15 is 0 Å². The maximum Gasteiger partial charge on any atom is 0.349 e. The molecule has 0 amide bonds. The van der Waals surface area contributed by atoms with Crippen molar-refractivity contribution < 1.29 is 9.53 Å². The van der Waals surface area contributed by atoms with Crippen LogP contribution in [0.15, 0.2) is 6.20 Å². The van der Waals surface area contributed by atoms with Crippen molar-refractivity contribution in [1.82, 2.24) is 9.88 Å². The molecule has 2 heterocycles. The second-order valence-electron chi connectivity index (χ2n) is 4.78. The third-order valence-electron chi connectivity index (χ3n) is 3.68. The van der Waals surface area contributed by atoms with Crippen LogP contribution in [-0.2, 0) is 4.74 Å². The van der Waals surface area contributed by atoms with Crippen LogP contribution >= 0.6 is 11.3 Å². The number of aromatic nitrogens is 1. The molecule has 1 unspecified atom stereocenters. The fraction of sp³-hybridized carbons (Fsp3) is 0.692. The molecule has 1 aromatic heterocycles. The molecule has 5 nitrogen and oxygen atoms in total. The Kier molecular flexibility index (Phi) is 4.76. The number of thiazole rings is 1. The van der Waals surface area contributed by atoms with Gasteiger partial charge in [-0.2, -0.15) is 0 Å². The molecule has 19 heavy (non-hydrogen) atoms. The second-order valence-corrected chi connectivity index (χ2v) is 5.79. The molecule has 0 N–H and O–H groups in total. The van der Waals surface area contributed by atoms with Crippen LogP contribution in [0, 0.1) is 0 Å². The maximum atomic E-state index is 11.4. The monoisotopic (exact) mass is 283 g/mol. The van der Waals surface area contributed by atoms with E-state index in [2.05, 4.69) is 28.6 Å². The van der Waals surface area contributed by atoms with Crippen molar-refractivity contribution in [1.29, 1.82) is 0 Å². The largest absolute Gasteiger partial charge is 0.465 e. The van der Waals surface area contributed by atoms with E-state index in [0.717, 1.165) is 31.3 Å². The van der Waals surface area contributed by atoms with Gasteiger partial charge >= 0.3 is 5.97 Å². The first-order chi connectivity index (χ1) is 9.15. The molecular formula is C13H21N3O2S. The topological polar surface area (TPSA) is 45.7 Å². The Labute approximate surface area is 118 Å². The third kappa shape index (κ3) is 3.25. The number of ether oxygens (including phenoxy) is 1. The minimum atomic E-state index is -0.304. The van der Waals surface area contributed by atoms with Crippen molar-refractivity contribution in [3.05, 3.63) is 11.1 Å². The minimum Gasteiger partial charge on any atom is -0.465 e. The lowest BCUT2D eigenvalue weighted by Crippen LogP contribution is -2.49. The van der Waals surface area contributed by atoms with Crippen molar-refractivity contribution in [2.24, 2.45) is 0 Å². The zero-order chi connectivity index (χ0) is 13.8. The number of piperazine rings is 1. The highest BCUT2D eigenvalue weighted by Crippen LogP contribution is 2.24. The molecule has 106 valence electrons. The normalized spacial score (nSPS) is 18.4. The van der Waals surface area contributed by atoms with Crippen LogP contribution in [0.1, 0.15) is 29.9 Å². The predicted octanol–water partition coefficient (Wildman–Crippen LogP) is 1.85. The number of hydrogen-bond acceptors (Lipinski definition) is 6. The lowest BCUT2D eigenvalue weighted by Gasteiger charge is -2.37. The van der Waals surface area contributed by atoms with Gasteiger partial charge in [0, 0.05) is 32.2 Å². The van der Waals surface area contributed by atoms with Gasteiger partial charge in [-0.25, -0.2) is 9.78 Å². The summed E-state index contributed by atoms with van der Waals surface area (Å²) in [5, 5.41) is 0.921. The highest BCUT2D eigenvalue weighted by Gasteiger charge is 2.22. The first-order valence-corrected chi connectivity index (χ1v) is 7.50. The first-order valence-electron chi connectivity index (χ1n) is 6.68. The lowest BCUT2D eigenvalue weighted by atomic mass is 10.2. The fourth-order valence-electron chi connectivity index (χ4n) is 2.22. The molecule has 1 fully saturated rings. The minimum absolute atomic E-state index is 0.304. The van der Waals surface area contributed by atoms with Gasteiger partial charge in [-0.05, 0) is 13.3 Å². The van der Waals surface area contributed by atoms with Crippen LogP contribution in [0.5, 0.6) is 0 Å². The van der Waals surface area contributed by atoms with Gasteiger partial charge in [-0.1, -0.05) is 18.3 Å². The number of esters is 1. The zero-order valence-electron chi connectivity index (χ0n) is 11.8. The van der Waals surface area contributed by atoms with Gasteiger partial charge in [-0.15, -0.1) is 0 Å². The second kappa shape index (κ2) is 6.34. The molecule has 0 aliphatic carbocycles. The summed E-state index contributed by atoms with van der Waals surface area (Å²) in [4.78, 5) is 21.1. The molecule has 1 aromatic rings. The average molecular weight is 283 g/mol. The predicted molar refractivity (Wildman–Crippen MR) is 77.0 cm³/mol. The number of rotatable bonds is 4. The molecule has 1 atom stereocenters. The summed E-state index contributed by atoms with van der Waals surface area (Å²) in [5.41, 5.74) is 0. The molecule has 0 aromatic carbocycles. The van der Waals surface area contributed by atoms with Gasteiger partial charge in [0.15, 0.2) is 5.13 Å². The number of carbonyl (C=O) groups excluding carboxylic acids is 1. The quantitative estimate of drug-likeness (QED) is 0.789. The standard InChI is InChI=1S/C13H21N3O2S/c1-4-10(2)15-5-7-16(8-6-15)13-14-9-11(19-13)12(17)18-3/h9-10H,4-8H2,1-3H3. The van der Waals surface area contributed by atoms with E-state index in [-0.39, 0.29) is 5.97 Å². The SMILES string of the molecule is CCC(C)N1CCN(c2ncc(C(=O)OC)s2)CC1. The molecule has 0 spiro atoms. The maximum absolute atomic E-state index is 11.4. The molecule has 6 heteroatoms. The lowest BCUT2D eigenvalue weighted by molar-refractivity contribution is 0.0606. The Morgan fingerprint density at radius 1 is 1.47 bits per heavy atom. The number of methoxy groups -OCH3 is 1. The van der Waals surface area contributed by atoms with E-state index in [0.29, 0.717) is 10.9 Å². The number of hydrogen-bond donors (Lipinski definition) is 0. The summed E-state index contributed by atoms with van der Waals surface area (Å²) >= 11 is 1.41. The van der Waals surface area contributed by atoms with Gasteiger partial charge in [0.05, 0.1) is 13.3 Å². The molecule has 2 rings (SSSR count). The Hall–Kier alpha value is -1.14. The number of nitrogens with zero attached hydrogens (tertiary/aromatic N) is 3. The van der Waals surface area contributed by atoms with Crippen molar-refractivity contribution in [2.45, 2.75) is 26.3 Å². The Morgan fingerprint density at radius 2 is 2.16 bits per heavy atom. The van der Waals surface area contributed by atoms with Crippen LogP contribution in [-0.4, -0.2) is 55.2 Å². The Bertz CT molecular complexity index is 427.